The van der Waals surface area contributed by atoms with Gasteiger partial charge in [0.05, 0.1) is 12.2 Å². The van der Waals surface area contributed by atoms with Gasteiger partial charge < -0.3 is 18.9 Å². The van der Waals surface area contributed by atoms with E-state index in [2.05, 4.69) is 0 Å². The predicted molar refractivity (Wildman–Crippen MR) is 86.7 cm³/mol. The maximum Gasteiger partial charge on any atom is 0.432 e. The molecule has 0 unspecified atom stereocenters. The van der Waals surface area contributed by atoms with Crippen LogP contribution in [-0.4, -0.2) is 49.8 Å². The summed E-state index contributed by atoms with van der Waals surface area (Å²) in [5.74, 6) is -1.47. The van der Waals surface area contributed by atoms with E-state index < -0.39 is 36.1 Å². The number of esters is 1. The highest BCUT2D eigenvalue weighted by Crippen LogP contribution is 2.52. The molecule has 0 aliphatic carbocycles. The highest BCUT2D eigenvalue weighted by molar-refractivity contribution is 5.83. The van der Waals surface area contributed by atoms with Gasteiger partial charge in [-0.25, -0.2) is 4.79 Å². The van der Waals surface area contributed by atoms with E-state index >= 15 is 0 Å². The molecule has 0 saturated carbocycles. The molecule has 148 valence electrons. The summed E-state index contributed by atoms with van der Waals surface area (Å²) in [6, 6.07) is 6.78. The number of carbonyl (C=O) groups is 1. The topological polar surface area (TPSA) is 54.0 Å². The zero-order chi connectivity index (χ0) is 19.6. The van der Waals surface area contributed by atoms with Crippen molar-refractivity contribution >= 4 is 5.97 Å². The maximum absolute atomic E-state index is 14.0. The van der Waals surface area contributed by atoms with Crippen molar-refractivity contribution in [1.29, 1.82) is 0 Å². The number of ether oxygens (including phenoxy) is 4. The van der Waals surface area contributed by atoms with Crippen molar-refractivity contribution in [2.75, 3.05) is 7.11 Å². The van der Waals surface area contributed by atoms with Crippen LogP contribution in [0.3, 0.4) is 0 Å². The lowest BCUT2D eigenvalue weighted by Crippen LogP contribution is -2.56. The zero-order valence-corrected chi connectivity index (χ0v) is 15.1. The van der Waals surface area contributed by atoms with Gasteiger partial charge in [-0.3, -0.25) is 0 Å². The van der Waals surface area contributed by atoms with Crippen LogP contribution >= 0.6 is 0 Å². The number of methoxy groups -OCH3 is 1. The van der Waals surface area contributed by atoms with Gasteiger partial charge in [-0.05, 0) is 0 Å². The van der Waals surface area contributed by atoms with Gasteiger partial charge in [0.2, 0.25) is 0 Å². The lowest BCUT2D eigenvalue weighted by molar-refractivity contribution is -0.282. The summed E-state index contributed by atoms with van der Waals surface area (Å²) in [5, 5.41) is 0. The Bertz CT molecular complexity index is 720. The lowest BCUT2D eigenvalue weighted by Gasteiger charge is -2.40. The fourth-order valence-corrected chi connectivity index (χ4v) is 4.72. The first kappa shape index (κ1) is 18.7. The molecule has 0 N–H and O–H groups in total. The third-order valence-corrected chi connectivity index (χ3v) is 6.09. The minimum absolute atomic E-state index is 0.0300. The number of hydrogen-bond acceptors (Lipinski definition) is 5. The largest absolute Gasteiger partial charge is 0.454 e. The Hall–Kier alpha value is -1.64. The quantitative estimate of drug-likeness (QED) is 0.745. The first-order valence-electron chi connectivity index (χ1n) is 8.91. The highest BCUT2D eigenvalue weighted by atomic mass is 19.4. The van der Waals surface area contributed by atoms with Crippen LogP contribution in [0.15, 0.2) is 30.3 Å². The minimum Gasteiger partial charge on any atom is -0.454 e. The Morgan fingerprint density at radius 1 is 0.963 bits per heavy atom. The fraction of sp³-hybridized carbons (Fsp3) is 0.632. The molecule has 0 spiro atoms. The molecule has 0 amide bonds. The SMILES string of the molecule is CO[C@@](C(=O)O[C@H]1[C@@H]2O[C@H]3[C@@H](C)[C@@H]2O[C@@H]1[C@H]3C)(c1ccccc1)C(F)(F)F. The van der Waals surface area contributed by atoms with Gasteiger partial charge in [-0.2, -0.15) is 13.2 Å². The molecule has 5 nitrogen and oxygen atoms in total. The van der Waals surface area contributed by atoms with Crippen molar-refractivity contribution in [3.8, 4) is 0 Å². The molecule has 4 saturated heterocycles. The molecular formula is C19H21F3O5. The second kappa shape index (κ2) is 6.18. The van der Waals surface area contributed by atoms with Crippen molar-refractivity contribution in [1.82, 2.24) is 0 Å². The van der Waals surface area contributed by atoms with E-state index in [0.29, 0.717) is 0 Å². The number of rotatable bonds is 4. The number of hydrogen-bond donors (Lipinski definition) is 0. The Kier molecular flexibility index (Phi) is 4.29. The summed E-state index contributed by atoms with van der Waals surface area (Å²) < 4.78 is 64.0. The summed E-state index contributed by atoms with van der Waals surface area (Å²) in [6.45, 7) is 3.88. The van der Waals surface area contributed by atoms with E-state index in [-0.39, 0.29) is 29.6 Å². The molecule has 5 rings (SSSR count). The van der Waals surface area contributed by atoms with Crippen LogP contribution in [-0.2, 0) is 29.3 Å². The first-order valence-corrected chi connectivity index (χ1v) is 8.91. The normalized spacial score (nSPS) is 39.4. The molecule has 4 aliphatic rings. The Morgan fingerprint density at radius 2 is 1.56 bits per heavy atom. The van der Waals surface area contributed by atoms with Crippen LogP contribution in [0.2, 0.25) is 0 Å². The van der Waals surface area contributed by atoms with E-state index in [1.807, 2.05) is 13.8 Å². The smallest absolute Gasteiger partial charge is 0.432 e. The molecule has 4 heterocycles. The molecule has 0 radical (unpaired) electrons. The standard InChI is InChI=1S/C19H21F3O5/c1-9-12-10(2)14-16(15(25-12)13(9)26-14)27-17(23)18(24-3,19(20,21)22)11-7-5-4-6-8-11/h4-10,12-16H,1-3H3/t9-,10+,12+,13+,14-,15-,16-,18-/m1/s1. The van der Waals surface area contributed by atoms with Crippen LogP contribution in [0, 0.1) is 11.8 Å². The van der Waals surface area contributed by atoms with E-state index in [0.717, 1.165) is 7.11 Å². The van der Waals surface area contributed by atoms with Crippen molar-refractivity contribution in [3.05, 3.63) is 35.9 Å². The van der Waals surface area contributed by atoms with Crippen molar-refractivity contribution in [2.24, 2.45) is 11.8 Å². The number of carbonyl (C=O) groups excluding carboxylic acids is 1. The van der Waals surface area contributed by atoms with Crippen LogP contribution in [0.5, 0.6) is 0 Å². The van der Waals surface area contributed by atoms with Crippen LogP contribution in [0.4, 0.5) is 13.2 Å². The van der Waals surface area contributed by atoms with Crippen LogP contribution in [0.25, 0.3) is 0 Å². The fourth-order valence-electron chi connectivity index (χ4n) is 4.72. The number of halogens is 3. The van der Waals surface area contributed by atoms with Gasteiger partial charge in [-0.1, -0.05) is 44.2 Å². The first-order chi connectivity index (χ1) is 12.7. The average Bonchev–Trinajstić information content (AvgIpc) is 3.04. The van der Waals surface area contributed by atoms with E-state index in [1.165, 1.54) is 24.3 Å². The summed E-state index contributed by atoms with van der Waals surface area (Å²) in [7, 11) is 0.853. The third-order valence-electron chi connectivity index (χ3n) is 6.09. The Labute approximate surface area is 154 Å². The second-order valence-electron chi connectivity index (χ2n) is 7.47. The second-order valence-corrected chi connectivity index (χ2v) is 7.47. The van der Waals surface area contributed by atoms with Crippen LogP contribution in [0.1, 0.15) is 19.4 Å². The molecule has 4 aliphatic heterocycles. The average molecular weight is 386 g/mol. The lowest BCUT2D eigenvalue weighted by atomic mass is 9.87. The predicted octanol–water partition coefficient (Wildman–Crippen LogP) is 2.82. The van der Waals surface area contributed by atoms with E-state index in [9.17, 15) is 18.0 Å². The highest BCUT2D eigenvalue weighted by Gasteiger charge is 2.68. The molecule has 27 heavy (non-hydrogen) atoms. The van der Waals surface area contributed by atoms with Gasteiger partial charge in [-0.15, -0.1) is 0 Å². The molecule has 0 aromatic heterocycles. The summed E-state index contributed by atoms with van der Waals surface area (Å²) in [5.41, 5.74) is -3.54. The minimum atomic E-state index is -5.00. The van der Waals surface area contributed by atoms with E-state index in [1.54, 1.807) is 6.07 Å². The monoisotopic (exact) mass is 386 g/mol. The van der Waals surface area contributed by atoms with E-state index in [4.69, 9.17) is 18.9 Å². The molecule has 8 atom stereocenters. The molecule has 8 heteroatoms. The zero-order valence-electron chi connectivity index (χ0n) is 15.1. The van der Waals surface area contributed by atoms with Gasteiger partial charge >= 0.3 is 12.1 Å². The molecular weight excluding hydrogens is 365 g/mol. The Balaban J connectivity index is 1.66. The molecule has 4 bridgehead atoms. The molecule has 1 aromatic rings. The number of alkyl halides is 3. The van der Waals surface area contributed by atoms with Crippen molar-refractivity contribution in [2.45, 2.75) is 56.1 Å². The Morgan fingerprint density at radius 3 is 2.15 bits per heavy atom. The van der Waals surface area contributed by atoms with Gasteiger partial charge in [0.15, 0.2) is 6.10 Å². The van der Waals surface area contributed by atoms with Gasteiger partial charge in [0.1, 0.15) is 12.2 Å². The van der Waals surface area contributed by atoms with Crippen LogP contribution < -0.4 is 0 Å². The summed E-state index contributed by atoms with van der Waals surface area (Å²) in [6.07, 6.45) is -7.21. The van der Waals surface area contributed by atoms with Crippen molar-refractivity contribution < 1.29 is 36.9 Å². The molecule has 1 aromatic carbocycles. The third kappa shape index (κ3) is 2.46. The summed E-state index contributed by atoms with van der Waals surface area (Å²) in [4.78, 5) is 12.9. The van der Waals surface area contributed by atoms with Gasteiger partial charge in [0, 0.05) is 24.5 Å². The van der Waals surface area contributed by atoms with Gasteiger partial charge in [0.25, 0.3) is 5.60 Å². The maximum atomic E-state index is 14.0. The summed E-state index contributed by atoms with van der Waals surface area (Å²) >= 11 is 0. The molecule has 4 fully saturated rings. The van der Waals surface area contributed by atoms with Crippen molar-refractivity contribution in [3.63, 3.8) is 0 Å². The number of benzene rings is 1.